The number of fused-ring (bicyclic) bond motifs is 2. The van der Waals surface area contributed by atoms with Crippen molar-refractivity contribution in [3.05, 3.63) is 12.2 Å². The van der Waals surface area contributed by atoms with Gasteiger partial charge in [0.1, 0.15) is 29.3 Å². The van der Waals surface area contributed by atoms with Gasteiger partial charge in [-0.3, -0.25) is 23.9 Å². The maximum absolute atomic E-state index is 14.2. The third-order valence-electron chi connectivity index (χ3n) is 9.64. The highest BCUT2D eigenvalue weighted by molar-refractivity contribution is 7.91. The van der Waals surface area contributed by atoms with Crippen molar-refractivity contribution in [2.75, 3.05) is 19.8 Å². The zero-order chi connectivity index (χ0) is 34.7. The zero-order valence-corrected chi connectivity index (χ0v) is 29.0. The van der Waals surface area contributed by atoms with E-state index in [9.17, 15) is 32.4 Å². The molecule has 0 aromatic heterocycles. The van der Waals surface area contributed by atoms with Crippen molar-refractivity contribution in [2.24, 2.45) is 11.8 Å². The monoisotopic (exact) mass is 694 g/mol. The normalized spacial score (nSPS) is 31.2. The number of rotatable bonds is 7. The molecular formula is C33H50N4O10S. The van der Waals surface area contributed by atoms with Crippen LogP contribution in [0.1, 0.15) is 97.8 Å². The Morgan fingerprint density at radius 3 is 2.48 bits per heavy atom. The number of sulfonamides is 1. The Balaban J connectivity index is 1.38. The molecule has 5 aliphatic rings. The topological polar surface area (TPSA) is 187 Å². The van der Waals surface area contributed by atoms with Crippen LogP contribution in [0, 0.1) is 11.8 Å². The number of alkyl carbamates (subject to hydrolysis) is 1. The fourth-order valence-electron chi connectivity index (χ4n) is 6.87. The molecule has 2 aliphatic heterocycles. The highest BCUT2D eigenvalue weighted by Crippen LogP contribution is 2.46. The first-order chi connectivity index (χ1) is 22.7. The Morgan fingerprint density at radius 2 is 1.79 bits per heavy atom. The Labute approximate surface area is 282 Å². The summed E-state index contributed by atoms with van der Waals surface area (Å²) in [6.07, 6.45) is 8.94. The SMILES string of the molecule is CC(C)(C)OC(=O)NC1CCCOC/C=C\C2CC2(C(=O)NS(=O)(=O)C2CC2)NC(=O)C2CC(OC(=O)CC3CCCCC3)CN2C1=O. The van der Waals surface area contributed by atoms with Crippen molar-refractivity contribution in [2.45, 2.75) is 132 Å². The third kappa shape index (κ3) is 9.27. The largest absolute Gasteiger partial charge is 0.460 e. The van der Waals surface area contributed by atoms with Crippen LogP contribution in [0.15, 0.2) is 12.2 Å². The number of nitrogens with one attached hydrogen (secondary N) is 3. The van der Waals surface area contributed by atoms with Crippen LogP contribution in [0.25, 0.3) is 0 Å². The number of amides is 4. The van der Waals surface area contributed by atoms with Crippen molar-refractivity contribution in [3.63, 3.8) is 0 Å². The summed E-state index contributed by atoms with van der Waals surface area (Å²) in [4.78, 5) is 68.8. The number of hydrogen-bond acceptors (Lipinski definition) is 10. The lowest BCUT2D eigenvalue weighted by atomic mass is 9.87. The van der Waals surface area contributed by atoms with Gasteiger partial charge in [0.25, 0.3) is 5.91 Å². The molecular weight excluding hydrogens is 644 g/mol. The molecule has 0 radical (unpaired) electrons. The second kappa shape index (κ2) is 14.7. The summed E-state index contributed by atoms with van der Waals surface area (Å²) in [7, 11) is -3.90. The molecule has 5 unspecified atom stereocenters. The number of nitrogens with zero attached hydrogens (tertiary/aromatic N) is 1. The molecule has 0 bridgehead atoms. The van der Waals surface area contributed by atoms with Gasteiger partial charge < -0.3 is 29.7 Å². The molecule has 5 rings (SSSR count). The minimum absolute atomic E-state index is 0.0190. The lowest BCUT2D eigenvalue weighted by Gasteiger charge is -2.30. The van der Waals surface area contributed by atoms with E-state index >= 15 is 0 Å². The Kier molecular flexibility index (Phi) is 11.1. The predicted octanol–water partition coefficient (Wildman–Crippen LogP) is 2.21. The molecule has 4 fully saturated rings. The fourth-order valence-corrected chi connectivity index (χ4v) is 8.23. The highest BCUT2D eigenvalue weighted by Gasteiger charge is 2.62. The van der Waals surface area contributed by atoms with E-state index in [0.29, 0.717) is 19.3 Å². The van der Waals surface area contributed by atoms with Crippen LogP contribution in [-0.4, -0.2) is 97.4 Å². The standard InChI is InChI=1S/C33H50N4O10S/c1-32(2,3)47-31(42)34-25-12-8-16-45-15-7-11-22-19-33(22,30(41)36-48(43,44)24-13-14-24)35-28(39)26-18-23(20-37(26)29(25)40)46-27(38)17-21-9-5-4-6-10-21/h7,11,21-26H,4-6,8-10,12-20H2,1-3H3,(H,34,42)(H,35,39)(H,36,41)/b11-7-. The van der Waals surface area contributed by atoms with Gasteiger partial charge >= 0.3 is 12.1 Å². The van der Waals surface area contributed by atoms with Gasteiger partial charge in [0.15, 0.2) is 0 Å². The van der Waals surface area contributed by atoms with Gasteiger partial charge in [-0.15, -0.1) is 0 Å². The molecule has 14 nitrogen and oxygen atoms in total. The Hall–Kier alpha value is -3.20. The molecule has 0 aromatic rings. The smallest absolute Gasteiger partial charge is 0.408 e. The maximum Gasteiger partial charge on any atom is 0.408 e. The summed E-state index contributed by atoms with van der Waals surface area (Å²) in [6, 6.07) is -2.23. The van der Waals surface area contributed by atoms with Crippen molar-refractivity contribution in [1.29, 1.82) is 0 Å². The van der Waals surface area contributed by atoms with E-state index in [1.165, 1.54) is 4.90 Å². The van der Waals surface area contributed by atoms with E-state index in [0.717, 1.165) is 32.1 Å². The quantitative estimate of drug-likeness (QED) is 0.264. The molecule has 3 N–H and O–H groups in total. The highest BCUT2D eigenvalue weighted by atomic mass is 32.2. The summed E-state index contributed by atoms with van der Waals surface area (Å²) in [5, 5.41) is 4.79. The summed E-state index contributed by atoms with van der Waals surface area (Å²) in [6.45, 7) is 5.48. The lowest BCUT2D eigenvalue weighted by Crippen LogP contribution is -2.58. The van der Waals surface area contributed by atoms with Crippen LogP contribution in [0.3, 0.4) is 0 Å². The van der Waals surface area contributed by atoms with Gasteiger partial charge in [-0.2, -0.15) is 0 Å². The first-order valence-electron chi connectivity index (χ1n) is 17.3. The van der Waals surface area contributed by atoms with Crippen molar-refractivity contribution < 1.29 is 46.6 Å². The number of esters is 1. The fraction of sp³-hybridized carbons (Fsp3) is 0.788. The molecule has 0 aromatic carbocycles. The summed E-state index contributed by atoms with van der Waals surface area (Å²) >= 11 is 0. The molecule has 268 valence electrons. The molecule has 48 heavy (non-hydrogen) atoms. The number of carbonyl (C=O) groups excluding carboxylic acids is 5. The average Bonchev–Trinajstić information content (AvgIpc) is 3.92. The summed E-state index contributed by atoms with van der Waals surface area (Å²) < 4.78 is 44.5. The van der Waals surface area contributed by atoms with E-state index in [4.69, 9.17) is 14.2 Å². The minimum Gasteiger partial charge on any atom is -0.460 e. The van der Waals surface area contributed by atoms with E-state index in [1.807, 2.05) is 0 Å². The van der Waals surface area contributed by atoms with Gasteiger partial charge in [0.05, 0.1) is 18.4 Å². The Bertz CT molecular complexity index is 1380. The van der Waals surface area contributed by atoms with Gasteiger partial charge in [-0.05, 0) is 71.6 Å². The molecule has 5 atom stereocenters. The molecule has 4 amide bonds. The first kappa shape index (κ1) is 36.1. The van der Waals surface area contributed by atoms with Crippen LogP contribution < -0.4 is 15.4 Å². The summed E-state index contributed by atoms with van der Waals surface area (Å²) in [5.74, 6) is -2.73. The summed E-state index contributed by atoms with van der Waals surface area (Å²) in [5.41, 5.74) is -2.37. The van der Waals surface area contributed by atoms with E-state index in [2.05, 4.69) is 15.4 Å². The van der Waals surface area contributed by atoms with Gasteiger partial charge in [0, 0.05) is 25.4 Å². The zero-order valence-electron chi connectivity index (χ0n) is 28.2. The second-order valence-electron chi connectivity index (χ2n) is 14.9. The molecule has 3 saturated carbocycles. The molecule has 1 saturated heterocycles. The maximum atomic E-state index is 14.2. The van der Waals surface area contributed by atoms with Crippen molar-refractivity contribution in [3.8, 4) is 0 Å². The number of carbonyl (C=O) groups is 5. The van der Waals surface area contributed by atoms with Crippen molar-refractivity contribution >= 4 is 39.8 Å². The molecule has 15 heteroatoms. The van der Waals surface area contributed by atoms with Crippen LogP contribution in [0.2, 0.25) is 0 Å². The van der Waals surface area contributed by atoms with E-state index < -0.39 is 80.3 Å². The predicted molar refractivity (Wildman–Crippen MR) is 173 cm³/mol. The van der Waals surface area contributed by atoms with Gasteiger partial charge in [-0.25, -0.2) is 13.2 Å². The molecule has 3 aliphatic carbocycles. The van der Waals surface area contributed by atoms with E-state index in [1.54, 1.807) is 32.9 Å². The van der Waals surface area contributed by atoms with Crippen molar-refractivity contribution in [1.82, 2.24) is 20.3 Å². The average molecular weight is 695 g/mol. The third-order valence-corrected chi connectivity index (χ3v) is 11.5. The lowest BCUT2D eigenvalue weighted by molar-refractivity contribution is -0.150. The number of hydrogen-bond donors (Lipinski definition) is 3. The molecule has 2 heterocycles. The molecule has 0 spiro atoms. The number of ether oxygens (including phenoxy) is 3. The van der Waals surface area contributed by atoms with Crippen LogP contribution in [0.5, 0.6) is 0 Å². The van der Waals surface area contributed by atoms with Gasteiger partial charge in [0.2, 0.25) is 21.8 Å². The van der Waals surface area contributed by atoms with Crippen LogP contribution in [0.4, 0.5) is 4.79 Å². The van der Waals surface area contributed by atoms with E-state index in [-0.39, 0.29) is 51.4 Å². The van der Waals surface area contributed by atoms with Crippen LogP contribution in [-0.2, 0) is 43.4 Å². The first-order valence-corrected chi connectivity index (χ1v) is 18.8. The minimum atomic E-state index is -3.90. The Morgan fingerprint density at radius 1 is 1.06 bits per heavy atom. The second-order valence-corrected chi connectivity index (χ2v) is 16.8. The van der Waals surface area contributed by atoms with Crippen LogP contribution >= 0.6 is 0 Å². The van der Waals surface area contributed by atoms with Gasteiger partial charge in [-0.1, -0.05) is 31.4 Å².